The Balaban J connectivity index is 0.00000320. The molecule has 3 heterocycles. The standard InChI is InChI=1S/C22H39N5O2.HI/c1-2-23-22(24-11-7-12-26-15-9-19(28)10-16-26)25-18-20(21-8-6-17-29-21)27-13-4-3-5-14-27;/h6,8,17,19-20,28H,2-5,7,9-16,18H2,1H3,(H2,23,24,25);1H. The summed E-state index contributed by atoms with van der Waals surface area (Å²) in [6, 6.07) is 4.25. The van der Waals surface area contributed by atoms with Crippen molar-refractivity contribution in [3.05, 3.63) is 24.2 Å². The van der Waals surface area contributed by atoms with Gasteiger partial charge >= 0.3 is 0 Å². The van der Waals surface area contributed by atoms with Crippen LogP contribution in [0.5, 0.6) is 0 Å². The maximum Gasteiger partial charge on any atom is 0.191 e. The summed E-state index contributed by atoms with van der Waals surface area (Å²) in [4.78, 5) is 9.85. The minimum absolute atomic E-state index is 0. The Morgan fingerprint density at radius 1 is 1.20 bits per heavy atom. The van der Waals surface area contributed by atoms with Crippen LogP contribution in [0.2, 0.25) is 0 Å². The molecule has 0 saturated carbocycles. The lowest BCUT2D eigenvalue weighted by Gasteiger charge is -2.32. The molecular weight excluding hydrogens is 493 g/mol. The van der Waals surface area contributed by atoms with Gasteiger partial charge in [-0.3, -0.25) is 9.89 Å². The van der Waals surface area contributed by atoms with E-state index in [9.17, 15) is 5.11 Å². The number of likely N-dealkylation sites (tertiary alicyclic amines) is 2. The summed E-state index contributed by atoms with van der Waals surface area (Å²) in [5, 5.41) is 16.5. The molecular formula is C22H40IN5O2. The highest BCUT2D eigenvalue weighted by Crippen LogP contribution is 2.25. The van der Waals surface area contributed by atoms with Gasteiger partial charge in [0.2, 0.25) is 0 Å². The normalized spacial score (nSPS) is 20.5. The Kier molecular flexibility index (Phi) is 12.1. The number of aliphatic hydroxyl groups excluding tert-OH is 1. The molecule has 0 bridgehead atoms. The lowest BCUT2D eigenvalue weighted by Crippen LogP contribution is -2.41. The van der Waals surface area contributed by atoms with Crippen molar-refractivity contribution >= 4 is 29.9 Å². The number of nitrogens with one attached hydrogen (secondary N) is 2. The molecule has 0 aliphatic carbocycles. The first kappa shape index (κ1) is 25.4. The van der Waals surface area contributed by atoms with Gasteiger partial charge < -0.3 is 25.1 Å². The van der Waals surface area contributed by atoms with Gasteiger partial charge in [-0.05, 0) is 70.8 Å². The number of nitrogens with zero attached hydrogens (tertiary/aromatic N) is 3. The third-order valence-corrected chi connectivity index (χ3v) is 5.97. The average Bonchev–Trinajstić information content (AvgIpc) is 3.28. The van der Waals surface area contributed by atoms with Crippen molar-refractivity contribution in [1.82, 2.24) is 20.4 Å². The number of aliphatic hydroxyl groups is 1. The van der Waals surface area contributed by atoms with Crippen LogP contribution in [-0.2, 0) is 0 Å². The molecule has 2 fully saturated rings. The van der Waals surface area contributed by atoms with Gasteiger partial charge in [0, 0.05) is 26.2 Å². The number of halogens is 1. The monoisotopic (exact) mass is 533 g/mol. The summed E-state index contributed by atoms with van der Waals surface area (Å²) in [5.41, 5.74) is 0. The molecule has 0 radical (unpaired) electrons. The van der Waals surface area contributed by atoms with Gasteiger partial charge in [0.1, 0.15) is 5.76 Å². The Bertz CT molecular complexity index is 584. The molecule has 172 valence electrons. The van der Waals surface area contributed by atoms with Crippen molar-refractivity contribution in [2.24, 2.45) is 4.99 Å². The summed E-state index contributed by atoms with van der Waals surface area (Å²) in [7, 11) is 0. The van der Waals surface area contributed by atoms with Gasteiger partial charge in [-0.15, -0.1) is 24.0 Å². The molecule has 0 aromatic carbocycles. The minimum Gasteiger partial charge on any atom is -0.468 e. The summed E-state index contributed by atoms with van der Waals surface area (Å²) in [5.74, 6) is 1.90. The van der Waals surface area contributed by atoms with Gasteiger partial charge in [0.25, 0.3) is 0 Å². The molecule has 1 aromatic rings. The van der Waals surface area contributed by atoms with Crippen LogP contribution in [0.15, 0.2) is 27.8 Å². The lowest BCUT2D eigenvalue weighted by molar-refractivity contribution is 0.0823. The molecule has 0 amide bonds. The van der Waals surface area contributed by atoms with E-state index in [0.29, 0.717) is 6.54 Å². The molecule has 0 spiro atoms. The van der Waals surface area contributed by atoms with Crippen LogP contribution in [0.3, 0.4) is 0 Å². The van der Waals surface area contributed by atoms with Gasteiger partial charge in [-0.1, -0.05) is 6.42 Å². The number of aliphatic imine (C=N–C) groups is 1. The number of guanidine groups is 1. The smallest absolute Gasteiger partial charge is 0.191 e. The first-order chi connectivity index (χ1) is 14.3. The van der Waals surface area contributed by atoms with E-state index >= 15 is 0 Å². The number of furan rings is 1. The second kappa shape index (κ2) is 14.3. The van der Waals surface area contributed by atoms with Gasteiger partial charge in [-0.25, -0.2) is 0 Å². The van der Waals surface area contributed by atoms with Crippen LogP contribution in [0.4, 0.5) is 0 Å². The van der Waals surface area contributed by atoms with Crippen LogP contribution >= 0.6 is 24.0 Å². The van der Waals surface area contributed by atoms with E-state index in [0.717, 1.165) is 76.8 Å². The Morgan fingerprint density at radius 3 is 2.63 bits per heavy atom. The van der Waals surface area contributed by atoms with Crippen LogP contribution in [-0.4, -0.2) is 79.3 Å². The molecule has 7 nitrogen and oxygen atoms in total. The van der Waals surface area contributed by atoms with Gasteiger partial charge in [0.05, 0.1) is 25.0 Å². The van der Waals surface area contributed by atoms with Gasteiger partial charge in [0.15, 0.2) is 5.96 Å². The van der Waals surface area contributed by atoms with Gasteiger partial charge in [-0.2, -0.15) is 0 Å². The van der Waals surface area contributed by atoms with E-state index in [2.05, 4.69) is 33.4 Å². The summed E-state index contributed by atoms with van der Waals surface area (Å²) < 4.78 is 5.74. The first-order valence-electron chi connectivity index (χ1n) is 11.5. The van der Waals surface area contributed by atoms with Crippen molar-refractivity contribution in [2.45, 2.75) is 57.6 Å². The highest BCUT2D eigenvalue weighted by molar-refractivity contribution is 14.0. The van der Waals surface area contributed by atoms with Crippen molar-refractivity contribution < 1.29 is 9.52 Å². The molecule has 3 N–H and O–H groups in total. The third-order valence-electron chi connectivity index (χ3n) is 5.97. The molecule has 1 atom stereocenters. The maximum atomic E-state index is 9.62. The zero-order chi connectivity index (χ0) is 20.3. The molecule has 2 aliphatic heterocycles. The molecule has 2 aliphatic rings. The second-order valence-corrected chi connectivity index (χ2v) is 8.20. The predicted molar refractivity (Wildman–Crippen MR) is 133 cm³/mol. The third kappa shape index (κ3) is 8.36. The molecule has 1 aromatic heterocycles. The molecule has 1 unspecified atom stereocenters. The van der Waals surface area contributed by atoms with Crippen LogP contribution < -0.4 is 10.6 Å². The zero-order valence-corrected chi connectivity index (χ0v) is 20.7. The largest absolute Gasteiger partial charge is 0.468 e. The van der Waals surface area contributed by atoms with E-state index in [-0.39, 0.29) is 36.1 Å². The first-order valence-corrected chi connectivity index (χ1v) is 11.5. The molecule has 3 rings (SSSR count). The summed E-state index contributed by atoms with van der Waals surface area (Å²) in [6.07, 6.45) is 8.39. The zero-order valence-electron chi connectivity index (χ0n) is 18.4. The summed E-state index contributed by atoms with van der Waals surface area (Å²) >= 11 is 0. The van der Waals surface area contributed by atoms with E-state index in [4.69, 9.17) is 9.41 Å². The number of hydrogen-bond acceptors (Lipinski definition) is 5. The van der Waals surface area contributed by atoms with Crippen LogP contribution in [0.1, 0.15) is 57.3 Å². The fourth-order valence-electron chi connectivity index (χ4n) is 4.27. The second-order valence-electron chi connectivity index (χ2n) is 8.20. The fourth-order valence-corrected chi connectivity index (χ4v) is 4.27. The average molecular weight is 533 g/mol. The highest BCUT2D eigenvalue weighted by Gasteiger charge is 2.24. The number of piperidine rings is 2. The molecule has 30 heavy (non-hydrogen) atoms. The Morgan fingerprint density at radius 2 is 1.97 bits per heavy atom. The topological polar surface area (TPSA) is 76.3 Å². The van der Waals surface area contributed by atoms with Crippen molar-refractivity contribution in [3.63, 3.8) is 0 Å². The quantitative estimate of drug-likeness (QED) is 0.196. The van der Waals surface area contributed by atoms with Crippen LogP contribution in [0.25, 0.3) is 0 Å². The predicted octanol–water partition coefficient (Wildman–Crippen LogP) is 2.83. The summed E-state index contributed by atoms with van der Waals surface area (Å²) in [6.45, 7) is 9.89. The molecule has 2 saturated heterocycles. The maximum absolute atomic E-state index is 9.62. The number of rotatable bonds is 9. The van der Waals surface area contributed by atoms with E-state index in [1.807, 2.05) is 6.07 Å². The van der Waals surface area contributed by atoms with Crippen molar-refractivity contribution in [2.75, 3.05) is 52.4 Å². The van der Waals surface area contributed by atoms with Crippen molar-refractivity contribution in [3.8, 4) is 0 Å². The SMILES string of the molecule is CCNC(=NCC(c1ccco1)N1CCCCC1)NCCCN1CCC(O)CC1.I. The Labute approximate surface area is 198 Å². The fraction of sp³-hybridized carbons (Fsp3) is 0.773. The van der Waals surface area contributed by atoms with E-state index in [1.54, 1.807) is 6.26 Å². The van der Waals surface area contributed by atoms with E-state index in [1.165, 1.54) is 19.3 Å². The van der Waals surface area contributed by atoms with Crippen LogP contribution in [0, 0.1) is 0 Å². The lowest BCUT2D eigenvalue weighted by atomic mass is 10.1. The number of hydrogen-bond donors (Lipinski definition) is 3. The Hall–Kier alpha value is -0.840. The van der Waals surface area contributed by atoms with Crippen molar-refractivity contribution in [1.29, 1.82) is 0 Å². The van der Waals surface area contributed by atoms with E-state index < -0.39 is 0 Å². The minimum atomic E-state index is -0.0983. The highest BCUT2D eigenvalue weighted by atomic mass is 127. The molecule has 8 heteroatoms.